The Hall–Kier alpha value is -1.01. The van der Waals surface area contributed by atoms with Gasteiger partial charge in [-0.25, -0.2) is 0 Å². The molecule has 0 saturated carbocycles. The van der Waals surface area contributed by atoms with E-state index in [1.54, 1.807) is 13.0 Å². The quantitative estimate of drug-likeness (QED) is 0.868. The van der Waals surface area contributed by atoms with E-state index in [-0.39, 0.29) is 5.76 Å². The summed E-state index contributed by atoms with van der Waals surface area (Å²) in [7, 11) is 0. The molecular formula is C11H15F3N2O. The predicted octanol–water partition coefficient (Wildman–Crippen LogP) is 2.10. The molecule has 1 aliphatic rings. The highest BCUT2D eigenvalue weighted by atomic mass is 19.4. The summed E-state index contributed by atoms with van der Waals surface area (Å²) in [5, 5.41) is 3.04. The molecular weight excluding hydrogens is 233 g/mol. The lowest BCUT2D eigenvalue weighted by molar-refractivity contribution is -0.192. The first-order chi connectivity index (χ1) is 7.98. The lowest BCUT2D eigenvalue weighted by Gasteiger charge is -2.34. The monoisotopic (exact) mass is 248 g/mol. The van der Waals surface area contributed by atoms with Crippen molar-refractivity contribution in [2.75, 3.05) is 26.2 Å². The molecule has 17 heavy (non-hydrogen) atoms. The molecule has 1 N–H and O–H groups in total. The Labute approximate surface area is 97.6 Å². The first-order valence-corrected chi connectivity index (χ1v) is 5.56. The third-order valence-electron chi connectivity index (χ3n) is 2.86. The summed E-state index contributed by atoms with van der Waals surface area (Å²) in [6.45, 7) is 3.56. The Bertz CT molecular complexity index is 369. The van der Waals surface area contributed by atoms with Gasteiger partial charge in [0.15, 0.2) is 6.04 Å². The van der Waals surface area contributed by atoms with E-state index in [0.29, 0.717) is 31.9 Å². The van der Waals surface area contributed by atoms with Crippen molar-refractivity contribution in [3.05, 3.63) is 23.7 Å². The summed E-state index contributed by atoms with van der Waals surface area (Å²) in [5.41, 5.74) is 0. The van der Waals surface area contributed by atoms with Gasteiger partial charge in [-0.1, -0.05) is 0 Å². The van der Waals surface area contributed by atoms with Crippen LogP contribution in [0.1, 0.15) is 17.6 Å². The molecule has 0 aliphatic carbocycles. The highest BCUT2D eigenvalue weighted by Gasteiger charge is 2.46. The fourth-order valence-corrected chi connectivity index (χ4v) is 2.09. The van der Waals surface area contributed by atoms with Crippen LogP contribution in [-0.4, -0.2) is 37.3 Å². The second-order valence-corrected chi connectivity index (χ2v) is 4.18. The molecule has 0 amide bonds. The zero-order valence-corrected chi connectivity index (χ0v) is 9.55. The highest BCUT2D eigenvalue weighted by Crippen LogP contribution is 2.38. The second kappa shape index (κ2) is 4.70. The van der Waals surface area contributed by atoms with Crippen molar-refractivity contribution in [2.24, 2.45) is 0 Å². The molecule has 1 aliphatic heterocycles. The van der Waals surface area contributed by atoms with Crippen molar-refractivity contribution >= 4 is 0 Å². The number of rotatable bonds is 2. The van der Waals surface area contributed by atoms with Gasteiger partial charge in [-0.15, -0.1) is 0 Å². The van der Waals surface area contributed by atoms with E-state index in [9.17, 15) is 13.2 Å². The van der Waals surface area contributed by atoms with Gasteiger partial charge in [0.2, 0.25) is 0 Å². The molecule has 2 heterocycles. The van der Waals surface area contributed by atoms with Crippen LogP contribution < -0.4 is 5.32 Å². The molecule has 0 aromatic carbocycles. The first kappa shape index (κ1) is 12.4. The summed E-state index contributed by atoms with van der Waals surface area (Å²) in [4.78, 5) is 1.41. The minimum atomic E-state index is -4.30. The Kier molecular flexibility index (Phi) is 3.44. The van der Waals surface area contributed by atoms with Crippen LogP contribution in [-0.2, 0) is 0 Å². The van der Waals surface area contributed by atoms with E-state index in [4.69, 9.17) is 4.42 Å². The summed E-state index contributed by atoms with van der Waals surface area (Å²) in [6.07, 6.45) is -4.30. The van der Waals surface area contributed by atoms with Crippen LogP contribution in [0.5, 0.6) is 0 Å². The molecule has 2 rings (SSSR count). The molecule has 1 saturated heterocycles. The fraction of sp³-hybridized carbons (Fsp3) is 0.636. The number of aryl methyl sites for hydroxylation is 1. The molecule has 1 aromatic heterocycles. The van der Waals surface area contributed by atoms with Crippen LogP contribution >= 0.6 is 0 Å². The maximum Gasteiger partial charge on any atom is 0.411 e. The van der Waals surface area contributed by atoms with E-state index < -0.39 is 12.2 Å². The minimum absolute atomic E-state index is 0.0168. The van der Waals surface area contributed by atoms with Gasteiger partial charge in [0.05, 0.1) is 0 Å². The number of furan rings is 1. The standard InChI is InChI=1S/C11H15F3N2O/c1-8-2-3-9(17-8)10(11(12,13)14)16-6-4-15-5-7-16/h2-3,10,15H,4-7H2,1H3/t10-/m0/s1. The maximum absolute atomic E-state index is 13.1. The van der Waals surface area contributed by atoms with Gasteiger partial charge >= 0.3 is 6.18 Å². The molecule has 0 bridgehead atoms. The van der Waals surface area contributed by atoms with E-state index in [1.165, 1.54) is 11.0 Å². The van der Waals surface area contributed by atoms with Crippen molar-refractivity contribution < 1.29 is 17.6 Å². The van der Waals surface area contributed by atoms with Gasteiger partial charge in [-0.2, -0.15) is 13.2 Å². The number of hydrogen-bond acceptors (Lipinski definition) is 3. The molecule has 0 unspecified atom stereocenters. The molecule has 1 aromatic rings. The summed E-state index contributed by atoms with van der Waals surface area (Å²) >= 11 is 0. The van der Waals surface area contributed by atoms with Gasteiger partial charge in [0, 0.05) is 26.2 Å². The van der Waals surface area contributed by atoms with E-state index in [0.717, 1.165) is 0 Å². The topological polar surface area (TPSA) is 28.4 Å². The molecule has 1 atom stereocenters. The largest absolute Gasteiger partial charge is 0.464 e. The van der Waals surface area contributed by atoms with Crippen LogP contribution in [0.4, 0.5) is 13.2 Å². The van der Waals surface area contributed by atoms with Gasteiger partial charge < -0.3 is 9.73 Å². The van der Waals surface area contributed by atoms with Gasteiger partial charge in [0.1, 0.15) is 11.5 Å². The number of halogens is 3. The van der Waals surface area contributed by atoms with Gasteiger partial charge in [-0.3, -0.25) is 4.90 Å². The number of piperazine rings is 1. The summed E-state index contributed by atoms with van der Waals surface area (Å²) in [5.74, 6) is 0.487. The van der Waals surface area contributed by atoms with Crippen LogP contribution in [0.2, 0.25) is 0 Å². The zero-order chi connectivity index (χ0) is 12.5. The van der Waals surface area contributed by atoms with Crippen LogP contribution in [0.25, 0.3) is 0 Å². The van der Waals surface area contributed by atoms with Gasteiger partial charge in [0.25, 0.3) is 0 Å². The van der Waals surface area contributed by atoms with E-state index in [2.05, 4.69) is 5.32 Å². The van der Waals surface area contributed by atoms with Gasteiger partial charge in [-0.05, 0) is 19.1 Å². The second-order valence-electron chi connectivity index (χ2n) is 4.18. The van der Waals surface area contributed by atoms with Crippen LogP contribution in [0.3, 0.4) is 0 Å². The molecule has 0 radical (unpaired) electrons. The smallest absolute Gasteiger partial charge is 0.411 e. The van der Waals surface area contributed by atoms with Crippen molar-refractivity contribution in [1.82, 2.24) is 10.2 Å². The normalized spacial score (nSPS) is 20.5. The van der Waals surface area contributed by atoms with Crippen LogP contribution in [0, 0.1) is 6.92 Å². The Balaban J connectivity index is 2.24. The Morgan fingerprint density at radius 1 is 1.29 bits per heavy atom. The van der Waals surface area contributed by atoms with Crippen molar-refractivity contribution in [2.45, 2.75) is 19.1 Å². The van der Waals surface area contributed by atoms with Crippen molar-refractivity contribution in [3.63, 3.8) is 0 Å². The molecule has 1 fully saturated rings. The minimum Gasteiger partial charge on any atom is -0.464 e. The van der Waals surface area contributed by atoms with E-state index in [1.807, 2.05) is 0 Å². The molecule has 3 nitrogen and oxygen atoms in total. The van der Waals surface area contributed by atoms with Crippen LogP contribution in [0.15, 0.2) is 16.5 Å². The summed E-state index contributed by atoms with van der Waals surface area (Å²) in [6, 6.07) is 1.35. The van der Waals surface area contributed by atoms with E-state index >= 15 is 0 Å². The lowest BCUT2D eigenvalue weighted by Crippen LogP contribution is -2.48. The molecule has 96 valence electrons. The Morgan fingerprint density at radius 3 is 2.41 bits per heavy atom. The average Bonchev–Trinajstić information content (AvgIpc) is 2.64. The third kappa shape index (κ3) is 2.81. The number of nitrogens with one attached hydrogen (secondary N) is 1. The Morgan fingerprint density at radius 2 is 1.94 bits per heavy atom. The SMILES string of the molecule is Cc1ccc([C@H](N2CCNCC2)C(F)(F)F)o1. The fourth-order valence-electron chi connectivity index (χ4n) is 2.09. The summed E-state index contributed by atoms with van der Waals surface area (Å²) < 4.78 is 44.4. The maximum atomic E-state index is 13.1. The molecule has 6 heteroatoms. The zero-order valence-electron chi connectivity index (χ0n) is 9.55. The number of alkyl halides is 3. The third-order valence-corrected chi connectivity index (χ3v) is 2.86. The number of nitrogens with zero attached hydrogens (tertiary/aromatic N) is 1. The molecule has 0 spiro atoms. The first-order valence-electron chi connectivity index (χ1n) is 5.56. The average molecular weight is 248 g/mol. The predicted molar refractivity (Wildman–Crippen MR) is 56.7 cm³/mol. The van der Waals surface area contributed by atoms with Crippen molar-refractivity contribution in [1.29, 1.82) is 0 Å². The van der Waals surface area contributed by atoms with Crippen molar-refractivity contribution in [3.8, 4) is 0 Å². The number of hydrogen-bond donors (Lipinski definition) is 1. The highest BCUT2D eigenvalue weighted by molar-refractivity contribution is 5.12. The lowest BCUT2D eigenvalue weighted by atomic mass is 10.1.